The van der Waals surface area contributed by atoms with E-state index < -0.39 is 0 Å². The normalized spacial score (nSPS) is 20.3. The maximum atomic E-state index is 4.53. The van der Waals surface area contributed by atoms with Crippen molar-refractivity contribution in [3.8, 4) is 0 Å². The van der Waals surface area contributed by atoms with Gasteiger partial charge in [0.25, 0.3) is 0 Å². The molecule has 0 unspecified atom stereocenters. The quantitative estimate of drug-likeness (QED) is 0.662. The van der Waals surface area contributed by atoms with Crippen molar-refractivity contribution in [1.82, 2.24) is 9.36 Å². The van der Waals surface area contributed by atoms with Gasteiger partial charge < -0.3 is 0 Å². The van der Waals surface area contributed by atoms with Gasteiger partial charge in [0.15, 0.2) is 4.34 Å². The van der Waals surface area contributed by atoms with Crippen LogP contribution in [0.2, 0.25) is 0 Å². The molecule has 0 radical (unpaired) electrons. The summed E-state index contributed by atoms with van der Waals surface area (Å²) >= 11 is 7.89. The fraction of sp³-hybridized carbons (Fsp3) is 0.800. The summed E-state index contributed by atoms with van der Waals surface area (Å²) in [7, 11) is 0. The average Bonchev–Trinajstić information content (AvgIpc) is 2.81. The molecule has 0 amide bonds. The van der Waals surface area contributed by atoms with E-state index in [1.165, 1.54) is 43.6 Å². The van der Waals surface area contributed by atoms with Crippen molar-refractivity contribution < 1.29 is 0 Å². The van der Waals surface area contributed by atoms with Crippen LogP contribution in [-0.4, -0.2) is 20.9 Å². The van der Waals surface area contributed by atoms with Gasteiger partial charge in [0.1, 0.15) is 6.33 Å². The molecule has 0 spiro atoms. The first-order valence-electron chi connectivity index (χ1n) is 5.35. The maximum absolute atomic E-state index is 4.53. The molecule has 1 saturated carbocycles. The second kappa shape index (κ2) is 5.55. The van der Waals surface area contributed by atoms with Crippen molar-refractivity contribution in [3.63, 3.8) is 0 Å². The number of hydrogen-bond acceptors (Lipinski definition) is 5. The first kappa shape index (κ1) is 11.7. The second-order valence-electron chi connectivity index (χ2n) is 4.21. The van der Waals surface area contributed by atoms with Gasteiger partial charge >= 0.3 is 0 Å². The number of rotatable bonds is 4. The summed E-state index contributed by atoms with van der Waals surface area (Å²) in [6.45, 7) is 0. The third-order valence-corrected chi connectivity index (χ3v) is 5.91. The SMILES string of the molecule is SCC1(CSc2ncns2)CCCCC1. The predicted molar refractivity (Wildman–Crippen MR) is 70.0 cm³/mol. The monoisotopic (exact) mass is 260 g/mol. The Bertz CT molecular complexity index is 281. The summed E-state index contributed by atoms with van der Waals surface area (Å²) in [4.78, 5) is 4.21. The molecule has 1 aromatic rings. The number of hydrogen-bond donors (Lipinski definition) is 1. The fourth-order valence-corrected chi connectivity index (χ4v) is 4.41. The Hall–Kier alpha value is 0.260. The Balaban J connectivity index is 1.89. The minimum absolute atomic E-state index is 0.456. The van der Waals surface area contributed by atoms with E-state index in [4.69, 9.17) is 0 Å². The maximum Gasteiger partial charge on any atom is 0.169 e. The molecule has 15 heavy (non-hydrogen) atoms. The Morgan fingerprint density at radius 3 is 2.80 bits per heavy atom. The molecule has 1 aliphatic carbocycles. The molecule has 5 heteroatoms. The van der Waals surface area contributed by atoms with Gasteiger partial charge in [-0.15, -0.1) is 0 Å². The van der Waals surface area contributed by atoms with E-state index in [1.54, 1.807) is 6.33 Å². The fourth-order valence-electron chi connectivity index (χ4n) is 2.09. The largest absolute Gasteiger partial charge is 0.216 e. The van der Waals surface area contributed by atoms with Gasteiger partial charge in [0.2, 0.25) is 0 Å². The van der Waals surface area contributed by atoms with Crippen molar-refractivity contribution in [2.75, 3.05) is 11.5 Å². The molecule has 1 aromatic heterocycles. The Morgan fingerprint density at radius 2 is 2.20 bits per heavy atom. The van der Waals surface area contributed by atoms with E-state index in [1.807, 2.05) is 11.8 Å². The lowest BCUT2D eigenvalue weighted by molar-refractivity contribution is 0.259. The van der Waals surface area contributed by atoms with Crippen LogP contribution in [0.15, 0.2) is 10.7 Å². The zero-order chi connectivity index (χ0) is 10.6. The summed E-state index contributed by atoms with van der Waals surface area (Å²) in [6.07, 6.45) is 8.46. The summed E-state index contributed by atoms with van der Waals surface area (Å²) in [5.41, 5.74) is 0.456. The highest BCUT2D eigenvalue weighted by Gasteiger charge is 2.30. The van der Waals surface area contributed by atoms with Crippen LogP contribution < -0.4 is 0 Å². The first-order chi connectivity index (χ1) is 7.35. The molecule has 84 valence electrons. The molecule has 0 N–H and O–H groups in total. The highest BCUT2D eigenvalue weighted by atomic mass is 32.2. The summed E-state index contributed by atoms with van der Waals surface area (Å²) in [5.74, 6) is 2.17. The van der Waals surface area contributed by atoms with E-state index in [0.29, 0.717) is 5.41 Å². The van der Waals surface area contributed by atoms with E-state index in [9.17, 15) is 0 Å². The van der Waals surface area contributed by atoms with Crippen molar-refractivity contribution in [1.29, 1.82) is 0 Å². The average molecular weight is 260 g/mol. The van der Waals surface area contributed by atoms with Crippen LogP contribution in [0.3, 0.4) is 0 Å². The molecule has 1 fully saturated rings. The van der Waals surface area contributed by atoms with Crippen molar-refractivity contribution in [2.24, 2.45) is 5.41 Å². The van der Waals surface area contributed by atoms with Crippen LogP contribution >= 0.6 is 35.9 Å². The topological polar surface area (TPSA) is 25.8 Å². The van der Waals surface area contributed by atoms with Gasteiger partial charge in [-0.2, -0.15) is 17.0 Å². The molecule has 1 heterocycles. The minimum atomic E-state index is 0.456. The van der Waals surface area contributed by atoms with Gasteiger partial charge in [-0.1, -0.05) is 31.0 Å². The Labute approximate surface area is 105 Å². The third-order valence-electron chi connectivity index (χ3n) is 3.09. The lowest BCUT2D eigenvalue weighted by atomic mass is 9.77. The molecular weight excluding hydrogens is 244 g/mol. The van der Waals surface area contributed by atoms with Crippen LogP contribution in [0.5, 0.6) is 0 Å². The van der Waals surface area contributed by atoms with E-state index in [-0.39, 0.29) is 0 Å². The van der Waals surface area contributed by atoms with Crippen LogP contribution in [0, 0.1) is 5.41 Å². The lowest BCUT2D eigenvalue weighted by Crippen LogP contribution is -2.28. The zero-order valence-electron chi connectivity index (χ0n) is 8.69. The molecule has 0 atom stereocenters. The molecule has 0 aromatic carbocycles. The van der Waals surface area contributed by atoms with Crippen molar-refractivity contribution in [3.05, 3.63) is 6.33 Å². The van der Waals surface area contributed by atoms with E-state index in [0.717, 1.165) is 15.8 Å². The van der Waals surface area contributed by atoms with Crippen LogP contribution in [0.1, 0.15) is 32.1 Å². The molecule has 0 saturated heterocycles. The lowest BCUT2D eigenvalue weighted by Gasteiger charge is -2.35. The van der Waals surface area contributed by atoms with E-state index >= 15 is 0 Å². The molecule has 1 aliphatic rings. The first-order valence-corrected chi connectivity index (χ1v) is 7.74. The van der Waals surface area contributed by atoms with Gasteiger partial charge in [-0.3, -0.25) is 0 Å². The van der Waals surface area contributed by atoms with Gasteiger partial charge in [-0.25, -0.2) is 4.98 Å². The van der Waals surface area contributed by atoms with Gasteiger partial charge in [0, 0.05) is 5.75 Å². The predicted octanol–water partition coefficient (Wildman–Crippen LogP) is 3.51. The molecular formula is C10H16N2S3. The second-order valence-corrected chi connectivity index (χ2v) is 6.53. The number of aromatic nitrogens is 2. The summed E-state index contributed by atoms with van der Waals surface area (Å²) in [6, 6.07) is 0. The zero-order valence-corrected chi connectivity index (χ0v) is 11.2. The number of thiol groups is 1. The molecule has 2 rings (SSSR count). The summed E-state index contributed by atoms with van der Waals surface area (Å²) in [5, 5.41) is 0. The van der Waals surface area contributed by atoms with Crippen molar-refractivity contribution in [2.45, 2.75) is 36.4 Å². The smallest absolute Gasteiger partial charge is 0.169 e. The minimum Gasteiger partial charge on any atom is -0.216 e. The molecule has 0 bridgehead atoms. The van der Waals surface area contributed by atoms with Crippen LogP contribution in [0.4, 0.5) is 0 Å². The highest BCUT2D eigenvalue weighted by molar-refractivity contribution is 8.01. The Morgan fingerprint density at radius 1 is 1.40 bits per heavy atom. The highest BCUT2D eigenvalue weighted by Crippen LogP contribution is 2.41. The number of thioether (sulfide) groups is 1. The summed E-state index contributed by atoms with van der Waals surface area (Å²) < 4.78 is 5.12. The van der Waals surface area contributed by atoms with Gasteiger partial charge in [0.05, 0.1) is 0 Å². The Kier molecular flexibility index (Phi) is 4.34. The van der Waals surface area contributed by atoms with Gasteiger partial charge in [-0.05, 0) is 35.5 Å². The molecule has 0 aliphatic heterocycles. The van der Waals surface area contributed by atoms with Crippen LogP contribution in [0.25, 0.3) is 0 Å². The molecule has 2 nitrogen and oxygen atoms in total. The standard InChI is InChI=1S/C10H16N2S3/c13-6-10(4-2-1-3-5-10)7-14-9-11-8-12-15-9/h8,13H,1-7H2. The number of nitrogens with zero attached hydrogens (tertiary/aromatic N) is 2. The van der Waals surface area contributed by atoms with Crippen molar-refractivity contribution >= 4 is 35.9 Å². The third kappa shape index (κ3) is 3.11. The van der Waals surface area contributed by atoms with E-state index in [2.05, 4.69) is 22.0 Å². The van der Waals surface area contributed by atoms with Crippen LogP contribution in [-0.2, 0) is 0 Å².